The SMILES string of the molecule is CCNC(=NCC(C)Cn1cccn1)N(C)Cc1ncc(-c2ccccc2)[nH]1.I. The predicted octanol–water partition coefficient (Wildman–Crippen LogP) is 3.62. The van der Waals surface area contributed by atoms with Crippen LogP contribution >= 0.6 is 24.0 Å². The van der Waals surface area contributed by atoms with Crippen LogP contribution in [0.2, 0.25) is 0 Å². The third-order valence-electron chi connectivity index (χ3n) is 4.41. The van der Waals surface area contributed by atoms with E-state index in [0.29, 0.717) is 12.5 Å². The van der Waals surface area contributed by atoms with Gasteiger partial charge in [-0.1, -0.05) is 37.3 Å². The van der Waals surface area contributed by atoms with Gasteiger partial charge < -0.3 is 15.2 Å². The molecule has 0 spiro atoms. The van der Waals surface area contributed by atoms with Crippen molar-refractivity contribution in [3.63, 3.8) is 0 Å². The predicted molar refractivity (Wildman–Crippen MR) is 128 cm³/mol. The highest BCUT2D eigenvalue weighted by molar-refractivity contribution is 14.0. The quantitative estimate of drug-likeness (QED) is 0.278. The first-order valence-corrected chi connectivity index (χ1v) is 9.72. The lowest BCUT2D eigenvalue weighted by Gasteiger charge is -2.21. The fraction of sp³-hybridized carbons (Fsp3) is 0.381. The summed E-state index contributed by atoms with van der Waals surface area (Å²) in [5, 5.41) is 7.63. The van der Waals surface area contributed by atoms with Crippen LogP contribution in [0.4, 0.5) is 0 Å². The molecular formula is C21H30IN7. The van der Waals surface area contributed by atoms with Crippen LogP contribution in [0.25, 0.3) is 11.3 Å². The van der Waals surface area contributed by atoms with Crippen molar-refractivity contribution in [1.82, 2.24) is 30.0 Å². The summed E-state index contributed by atoms with van der Waals surface area (Å²) in [7, 11) is 2.03. The number of imidazole rings is 1. The Morgan fingerprint density at radius 1 is 1.28 bits per heavy atom. The van der Waals surface area contributed by atoms with Gasteiger partial charge in [-0.05, 0) is 24.5 Å². The first kappa shape index (κ1) is 22.9. The second kappa shape index (κ2) is 11.6. The molecule has 0 fully saturated rings. The normalized spacial score (nSPS) is 12.3. The van der Waals surface area contributed by atoms with E-state index in [2.05, 4.69) is 51.3 Å². The van der Waals surface area contributed by atoms with Gasteiger partial charge >= 0.3 is 0 Å². The number of nitrogens with one attached hydrogen (secondary N) is 2. The zero-order valence-corrected chi connectivity index (χ0v) is 19.6. The number of nitrogens with zero attached hydrogens (tertiary/aromatic N) is 5. The molecule has 0 amide bonds. The molecule has 0 aliphatic heterocycles. The molecule has 0 saturated carbocycles. The third kappa shape index (κ3) is 6.88. The Hall–Kier alpha value is -2.36. The molecule has 0 aliphatic carbocycles. The number of guanidine groups is 1. The minimum absolute atomic E-state index is 0. The maximum absolute atomic E-state index is 4.80. The number of aromatic nitrogens is 4. The number of hydrogen-bond donors (Lipinski definition) is 2. The average molecular weight is 507 g/mol. The van der Waals surface area contributed by atoms with Gasteiger partial charge in [-0.2, -0.15) is 5.10 Å². The van der Waals surface area contributed by atoms with E-state index in [4.69, 9.17) is 4.99 Å². The maximum atomic E-state index is 4.80. The first-order valence-electron chi connectivity index (χ1n) is 9.72. The van der Waals surface area contributed by atoms with E-state index in [1.165, 1.54) is 0 Å². The molecular weight excluding hydrogens is 477 g/mol. The summed E-state index contributed by atoms with van der Waals surface area (Å²) in [5.74, 6) is 2.19. The summed E-state index contributed by atoms with van der Waals surface area (Å²) >= 11 is 0. The van der Waals surface area contributed by atoms with Gasteiger partial charge in [0.1, 0.15) is 5.82 Å². The van der Waals surface area contributed by atoms with E-state index in [-0.39, 0.29) is 24.0 Å². The lowest BCUT2D eigenvalue weighted by Crippen LogP contribution is -2.39. The lowest BCUT2D eigenvalue weighted by molar-refractivity contribution is 0.440. The van der Waals surface area contributed by atoms with E-state index in [1.807, 2.05) is 48.4 Å². The molecule has 7 nitrogen and oxygen atoms in total. The van der Waals surface area contributed by atoms with Crippen LogP contribution in [0, 0.1) is 5.92 Å². The fourth-order valence-electron chi connectivity index (χ4n) is 3.00. The van der Waals surface area contributed by atoms with Crippen molar-refractivity contribution in [3.8, 4) is 11.3 Å². The highest BCUT2D eigenvalue weighted by atomic mass is 127. The monoisotopic (exact) mass is 507 g/mol. The Kier molecular flexibility index (Phi) is 9.17. The molecule has 156 valence electrons. The fourth-order valence-corrected chi connectivity index (χ4v) is 3.00. The van der Waals surface area contributed by atoms with Gasteiger partial charge in [0.05, 0.1) is 18.4 Å². The van der Waals surface area contributed by atoms with Crippen LogP contribution in [0.1, 0.15) is 19.7 Å². The Labute approximate surface area is 189 Å². The standard InChI is InChI=1S/C21H29N7.HI/c1-4-22-21(24-13-17(2)15-28-12-8-11-25-28)27(3)16-20-23-14-19(26-20)18-9-6-5-7-10-18;/h5-12,14,17H,4,13,15-16H2,1-3H3,(H,22,24)(H,23,26);1H. The molecule has 2 aromatic heterocycles. The Morgan fingerprint density at radius 3 is 2.76 bits per heavy atom. The van der Waals surface area contributed by atoms with Crippen molar-refractivity contribution >= 4 is 29.9 Å². The molecule has 0 radical (unpaired) electrons. The van der Waals surface area contributed by atoms with E-state index >= 15 is 0 Å². The number of hydrogen-bond acceptors (Lipinski definition) is 3. The molecule has 1 atom stereocenters. The van der Waals surface area contributed by atoms with E-state index in [9.17, 15) is 0 Å². The highest BCUT2D eigenvalue weighted by Gasteiger charge is 2.11. The average Bonchev–Trinajstić information content (AvgIpc) is 3.38. The second-order valence-corrected chi connectivity index (χ2v) is 6.99. The Morgan fingerprint density at radius 2 is 2.07 bits per heavy atom. The number of aliphatic imine (C=N–C) groups is 1. The summed E-state index contributed by atoms with van der Waals surface area (Å²) in [6.45, 7) is 7.35. The number of halogens is 1. The minimum atomic E-state index is 0. The smallest absolute Gasteiger partial charge is 0.194 e. The molecule has 1 aromatic carbocycles. The van der Waals surface area contributed by atoms with Crippen molar-refractivity contribution in [2.24, 2.45) is 10.9 Å². The van der Waals surface area contributed by atoms with Crippen LogP contribution in [0.15, 0.2) is 60.0 Å². The molecule has 0 bridgehead atoms. The number of H-pyrrole nitrogens is 1. The van der Waals surface area contributed by atoms with Gasteiger partial charge in [0, 0.05) is 39.1 Å². The second-order valence-electron chi connectivity index (χ2n) is 6.99. The maximum Gasteiger partial charge on any atom is 0.194 e. The van der Waals surface area contributed by atoms with Crippen LogP contribution < -0.4 is 5.32 Å². The zero-order valence-electron chi connectivity index (χ0n) is 17.2. The molecule has 0 aliphatic rings. The molecule has 3 aromatic rings. The molecule has 1 unspecified atom stereocenters. The van der Waals surface area contributed by atoms with Gasteiger partial charge in [0.25, 0.3) is 0 Å². The minimum Gasteiger partial charge on any atom is -0.357 e. The Balaban J connectivity index is 0.00000300. The van der Waals surface area contributed by atoms with Crippen LogP contribution in [-0.4, -0.2) is 50.7 Å². The van der Waals surface area contributed by atoms with Gasteiger partial charge in [0.15, 0.2) is 5.96 Å². The summed E-state index contributed by atoms with van der Waals surface area (Å²) in [6.07, 6.45) is 5.67. The number of benzene rings is 1. The molecule has 3 rings (SSSR count). The van der Waals surface area contributed by atoms with Crippen molar-refractivity contribution in [3.05, 3.63) is 60.8 Å². The number of aromatic amines is 1. The van der Waals surface area contributed by atoms with E-state index in [0.717, 1.165) is 42.7 Å². The van der Waals surface area contributed by atoms with E-state index in [1.54, 1.807) is 6.20 Å². The van der Waals surface area contributed by atoms with Gasteiger partial charge in [0.2, 0.25) is 0 Å². The summed E-state index contributed by atoms with van der Waals surface area (Å²) < 4.78 is 1.95. The van der Waals surface area contributed by atoms with Crippen molar-refractivity contribution in [1.29, 1.82) is 0 Å². The zero-order chi connectivity index (χ0) is 19.8. The van der Waals surface area contributed by atoms with Gasteiger partial charge in [-0.3, -0.25) is 9.67 Å². The molecule has 0 saturated heterocycles. The topological polar surface area (TPSA) is 74.1 Å². The van der Waals surface area contributed by atoms with Crippen LogP contribution in [0.3, 0.4) is 0 Å². The number of rotatable bonds is 8. The molecule has 8 heteroatoms. The first-order chi connectivity index (χ1) is 13.7. The van der Waals surface area contributed by atoms with Crippen molar-refractivity contribution in [2.75, 3.05) is 20.1 Å². The summed E-state index contributed by atoms with van der Waals surface area (Å²) in [5.41, 5.74) is 2.16. The molecule has 2 heterocycles. The molecule has 29 heavy (non-hydrogen) atoms. The largest absolute Gasteiger partial charge is 0.357 e. The summed E-state index contributed by atoms with van der Waals surface area (Å²) in [4.78, 5) is 14.8. The van der Waals surface area contributed by atoms with Crippen LogP contribution in [-0.2, 0) is 13.1 Å². The highest BCUT2D eigenvalue weighted by Crippen LogP contribution is 2.16. The van der Waals surface area contributed by atoms with Crippen molar-refractivity contribution < 1.29 is 0 Å². The van der Waals surface area contributed by atoms with Crippen LogP contribution in [0.5, 0.6) is 0 Å². The molecule has 2 N–H and O–H groups in total. The van der Waals surface area contributed by atoms with Gasteiger partial charge in [-0.15, -0.1) is 24.0 Å². The van der Waals surface area contributed by atoms with Crippen molar-refractivity contribution in [2.45, 2.75) is 26.9 Å². The third-order valence-corrected chi connectivity index (χ3v) is 4.41. The van der Waals surface area contributed by atoms with E-state index < -0.39 is 0 Å². The Bertz CT molecular complexity index is 858. The summed E-state index contributed by atoms with van der Waals surface area (Å²) in [6, 6.07) is 12.2. The van der Waals surface area contributed by atoms with Gasteiger partial charge in [-0.25, -0.2) is 4.98 Å². The lowest BCUT2D eigenvalue weighted by atomic mass is 10.2.